The first-order chi connectivity index (χ1) is 10.2. The lowest BCUT2D eigenvalue weighted by atomic mass is 10.2. The van der Waals surface area contributed by atoms with Gasteiger partial charge in [-0.25, -0.2) is 4.98 Å². The number of nitrogens with zero attached hydrogens (tertiary/aromatic N) is 4. The molecular formula is C15H14BrN5. The molecule has 0 atom stereocenters. The first kappa shape index (κ1) is 13.8. The van der Waals surface area contributed by atoms with Crippen molar-refractivity contribution >= 4 is 21.6 Å². The van der Waals surface area contributed by atoms with Crippen molar-refractivity contribution in [2.75, 3.05) is 5.32 Å². The lowest BCUT2D eigenvalue weighted by Crippen LogP contribution is -2.01. The van der Waals surface area contributed by atoms with E-state index in [0.717, 1.165) is 27.4 Å². The molecule has 0 aliphatic carbocycles. The number of aryl methyl sites for hydroxylation is 1. The van der Waals surface area contributed by atoms with Gasteiger partial charge in [0.1, 0.15) is 10.9 Å². The number of nitrogens with one attached hydrogen (secondary N) is 1. The third kappa shape index (κ3) is 3.28. The molecular weight excluding hydrogens is 330 g/mol. The molecule has 0 saturated heterocycles. The number of hydrogen-bond acceptors (Lipinski definition) is 4. The Bertz CT molecular complexity index is 736. The van der Waals surface area contributed by atoms with Crippen molar-refractivity contribution in [2.45, 2.75) is 6.54 Å². The normalized spacial score (nSPS) is 10.6. The van der Waals surface area contributed by atoms with Crippen LogP contribution in [0.2, 0.25) is 0 Å². The van der Waals surface area contributed by atoms with Crippen LogP contribution in [0.3, 0.4) is 0 Å². The van der Waals surface area contributed by atoms with Gasteiger partial charge in [-0.15, -0.1) is 10.2 Å². The molecule has 2 aromatic heterocycles. The molecule has 0 saturated carbocycles. The lowest BCUT2D eigenvalue weighted by Gasteiger charge is -2.07. The summed E-state index contributed by atoms with van der Waals surface area (Å²) in [7, 11) is 1.93. The van der Waals surface area contributed by atoms with Gasteiger partial charge < -0.3 is 9.88 Å². The fourth-order valence-corrected chi connectivity index (χ4v) is 2.40. The number of rotatable bonds is 4. The van der Waals surface area contributed by atoms with Gasteiger partial charge in [0.05, 0.1) is 12.2 Å². The van der Waals surface area contributed by atoms with E-state index in [1.807, 2.05) is 54.1 Å². The van der Waals surface area contributed by atoms with Crippen molar-refractivity contribution < 1.29 is 0 Å². The second kappa shape index (κ2) is 6.05. The summed E-state index contributed by atoms with van der Waals surface area (Å²) >= 11 is 3.37. The number of halogens is 1. The zero-order chi connectivity index (χ0) is 14.7. The van der Waals surface area contributed by atoms with Crippen LogP contribution in [0.5, 0.6) is 0 Å². The minimum Gasteiger partial charge on any atom is -0.379 e. The number of anilines is 1. The van der Waals surface area contributed by atoms with Gasteiger partial charge in [0.2, 0.25) is 0 Å². The molecule has 0 fully saturated rings. The second-order valence-corrected chi connectivity index (χ2v) is 5.46. The molecule has 0 unspecified atom stereocenters. The highest BCUT2D eigenvalue weighted by atomic mass is 79.9. The van der Waals surface area contributed by atoms with E-state index in [1.54, 1.807) is 6.33 Å². The summed E-state index contributed by atoms with van der Waals surface area (Å²) < 4.78 is 2.74. The van der Waals surface area contributed by atoms with Gasteiger partial charge in [0, 0.05) is 18.3 Å². The summed E-state index contributed by atoms with van der Waals surface area (Å²) in [5, 5.41) is 11.3. The van der Waals surface area contributed by atoms with Crippen molar-refractivity contribution in [1.82, 2.24) is 19.7 Å². The highest BCUT2D eigenvalue weighted by Gasteiger charge is 2.04. The van der Waals surface area contributed by atoms with Crippen molar-refractivity contribution in [3.05, 3.63) is 59.1 Å². The molecule has 6 heteroatoms. The molecule has 0 aliphatic rings. The summed E-state index contributed by atoms with van der Waals surface area (Å²) in [4.78, 5) is 4.39. The van der Waals surface area contributed by atoms with Crippen LogP contribution in [0.4, 0.5) is 5.69 Å². The van der Waals surface area contributed by atoms with E-state index in [0.29, 0.717) is 6.54 Å². The van der Waals surface area contributed by atoms with Gasteiger partial charge in [0.25, 0.3) is 0 Å². The predicted octanol–water partition coefficient (Wildman–Crippen LogP) is 3.25. The average Bonchev–Trinajstić information content (AvgIpc) is 2.92. The predicted molar refractivity (Wildman–Crippen MR) is 85.7 cm³/mol. The maximum Gasteiger partial charge on any atom is 0.163 e. The molecule has 0 spiro atoms. The summed E-state index contributed by atoms with van der Waals surface area (Å²) in [6.07, 6.45) is 1.69. The molecule has 0 bridgehead atoms. The Hall–Kier alpha value is -2.21. The van der Waals surface area contributed by atoms with Crippen LogP contribution in [0.1, 0.15) is 5.69 Å². The van der Waals surface area contributed by atoms with Gasteiger partial charge >= 0.3 is 0 Å². The molecule has 0 radical (unpaired) electrons. The van der Waals surface area contributed by atoms with Crippen molar-refractivity contribution in [3.8, 4) is 11.4 Å². The van der Waals surface area contributed by atoms with Crippen LogP contribution < -0.4 is 5.32 Å². The van der Waals surface area contributed by atoms with E-state index in [2.05, 4.69) is 36.4 Å². The molecule has 106 valence electrons. The molecule has 21 heavy (non-hydrogen) atoms. The van der Waals surface area contributed by atoms with Crippen molar-refractivity contribution in [3.63, 3.8) is 0 Å². The van der Waals surface area contributed by atoms with E-state index in [9.17, 15) is 0 Å². The average molecular weight is 344 g/mol. The van der Waals surface area contributed by atoms with Crippen LogP contribution in [-0.4, -0.2) is 19.7 Å². The Morgan fingerprint density at radius 3 is 2.62 bits per heavy atom. The standard InChI is InChI=1S/C15H14BrN5/c1-21-10-18-20-15(21)11-5-7-12(8-6-11)17-9-13-3-2-4-14(16)19-13/h2-8,10,17H,9H2,1H3. The van der Waals surface area contributed by atoms with Crippen LogP contribution >= 0.6 is 15.9 Å². The second-order valence-electron chi connectivity index (χ2n) is 4.65. The number of hydrogen-bond donors (Lipinski definition) is 1. The maximum absolute atomic E-state index is 4.39. The molecule has 0 amide bonds. The van der Waals surface area contributed by atoms with Gasteiger partial charge in [-0.1, -0.05) is 6.07 Å². The van der Waals surface area contributed by atoms with Crippen LogP contribution in [0.25, 0.3) is 11.4 Å². The topological polar surface area (TPSA) is 55.6 Å². The minimum atomic E-state index is 0.683. The molecule has 0 aliphatic heterocycles. The summed E-state index contributed by atoms with van der Waals surface area (Å²) in [5.74, 6) is 0.857. The summed E-state index contributed by atoms with van der Waals surface area (Å²) in [6, 6.07) is 14.0. The van der Waals surface area contributed by atoms with E-state index in [1.165, 1.54) is 0 Å². The first-order valence-electron chi connectivity index (χ1n) is 6.52. The monoisotopic (exact) mass is 343 g/mol. The van der Waals surface area contributed by atoms with Gasteiger partial charge in [-0.2, -0.15) is 0 Å². The zero-order valence-corrected chi connectivity index (χ0v) is 13.1. The van der Waals surface area contributed by atoms with Gasteiger partial charge in [-0.3, -0.25) is 0 Å². The summed E-state index contributed by atoms with van der Waals surface area (Å²) in [6.45, 7) is 0.683. The Labute approximate surface area is 131 Å². The van der Waals surface area contributed by atoms with Crippen molar-refractivity contribution in [1.29, 1.82) is 0 Å². The third-order valence-corrected chi connectivity index (χ3v) is 3.54. The van der Waals surface area contributed by atoms with E-state index in [-0.39, 0.29) is 0 Å². The number of pyridine rings is 1. The van der Waals surface area contributed by atoms with E-state index < -0.39 is 0 Å². The fraction of sp³-hybridized carbons (Fsp3) is 0.133. The molecule has 2 heterocycles. The molecule has 1 N–H and O–H groups in total. The van der Waals surface area contributed by atoms with Crippen LogP contribution in [-0.2, 0) is 13.6 Å². The summed E-state index contributed by atoms with van der Waals surface area (Å²) in [5.41, 5.74) is 3.07. The smallest absolute Gasteiger partial charge is 0.163 e. The Kier molecular flexibility index (Phi) is 3.96. The number of benzene rings is 1. The van der Waals surface area contributed by atoms with Crippen LogP contribution in [0.15, 0.2) is 53.4 Å². The largest absolute Gasteiger partial charge is 0.379 e. The van der Waals surface area contributed by atoms with Crippen LogP contribution in [0, 0.1) is 0 Å². The van der Waals surface area contributed by atoms with E-state index >= 15 is 0 Å². The van der Waals surface area contributed by atoms with Crippen molar-refractivity contribution in [2.24, 2.45) is 7.05 Å². The molecule has 3 aromatic rings. The minimum absolute atomic E-state index is 0.683. The number of aromatic nitrogens is 4. The highest BCUT2D eigenvalue weighted by molar-refractivity contribution is 9.10. The van der Waals surface area contributed by atoms with E-state index in [4.69, 9.17) is 0 Å². The highest BCUT2D eigenvalue weighted by Crippen LogP contribution is 2.19. The lowest BCUT2D eigenvalue weighted by molar-refractivity contribution is 0.920. The fourth-order valence-electron chi connectivity index (χ4n) is 2.02. The maximum atomic E-state index is 4.39. The molecule has 1 aromatic carbocycles. The van der Waals surface area contributed by atoms with Gasteiger partial charge in [0.15, 0.2) is 5.82 Å². The van der Waals surface area contributed by atoms with Gasteiger partial charge in [-0.05, 0) is 52.3 Å². The first-order valence-corrected chi connectivity index (χ1v) is 7.31. The molecule has 3 rings (SSSR count). The third-order valence-electron chi connectivity index (χ3n) is 3.10. The zero-order valence-electron chi connectivity index (χ0n) is 11.5. The quantitative estimate of drug-likeness (QED) is 0.738. The Morgan fingerprint density at radius 2 is 1.95 bits per heavy atom. The Balaban J connectivity index is 1.69. The Morgan fingerprint density at radius 1 is 1.14 bits per heavy atom. The molecule has 5 nitrogen and oxygen atoms in total. The SMILES string of the molecule is Cn1cnnc1-c1ccc(NCc2cccc(Br)n2)cc1.